The molecule has 1 saturated heterocycles. The van der Waals surface area contributed by atoms with Crippen LogP contribution < -0.4 is 4.90 Å². The number of nitrogens with one attached hydrogen (secondary N) is 1. The van der Waals surface area contributed by atoms with E-state index in [1.807, 2.05) is 12.4 Å². The van der Waals surface area contributed by atoms with E-state index in [2.05, 4.69) is 59.0 Å². The molecule has 1 aromatic carbocycles. The van der Waals surface area contributed by atoms with E-state index in [9.17, 15) is 4.79 Å². The van der Waals surface area contributed by atoms with Gasteiger partial charge in [0.1, 0.15) is 0 Å². The molecule has 144 valence electrons. The number of aromatic amines is 1. The molecule has 2 aliphatic heterocycles. The maximum atomic E-state index is 12.5. The first-order chi connectivity index (χ1) is 13.0. The Morgan fingerprint density at radius 2 is 2.19 bits per heavy atom. The summed E-state index contributed by atoms with van der Waals surface area (Å²) < 4.78 is 0. The van der Waals surface area contributed by atoms with Crippen LogP contribution in [0.1, 0.15) is 39.2 Å². The number of hydrogen-bond donors (Lipinski definition) is 1. The van der Waals surface area contributed by atoms with Crippen LogP contribution in [0.25, 0.3) is 11.1 Å². The zero-order valence-corrected chi connectivity index (χ0v) is 16.6. The minimum Gasteiger partial charge on any atom is -0.371 e. The lowest BCUT2D eigenvalue weighted by Crippen LogP contribution is -2.35. The summed E-state index contributed by atoms with van der Waals surface area (Å²) in [7, 11) is 0. The summed E-state index contributed by atoms with van der Waals surface area (Å²) in [6.45, 7) is 9.48. The van der Waals surface area contributed by atoms with Crippen molar-refractivity contribution in [1.29, 1.82) is 0 Å². The average molecular weight is 367 g/mol. The zero-order chi connectivity index (χ0) is 19.0. The number of H-pyrrole nitrogens is 1. The van der Waals surface area contributed by atoms with E-state index in [1.165, 1.54) is 16.8 Å². The van der Waals surface area contributed by atoms with Crippen molar-refractivity contribution in [3.8, 4) is 11.1 Å². The van der Waals surface area contributed by atoms with Crippen LogP contribution in [0, 0.1) is 11.8 Å². The Labute approximate surface area is 161 Å². The second-order valence-corrected chi connectivity index (χ2v) is 8.62. The molecular formula is C22H30N4O. The predicted octanol–water partition coefficient (Wildman–Crippen LogP) is 3.72. The minimum absolute atomic E-state index is 0.326. The number of fused-ring (bicyclic) bond motifs is 1. The molecule has 27 heavy (non-hydrogen) atoms. The van der Waals surface area contributed by atoms with Crippen molar-refractivity contribution in [3.63, 3.8) is 0 Å². The van der Waals surface area contributed by atoms with E-state index in [0.717, 1.165) is 38.0 Å². The van der Waals surface area contributed by atoms with Gasteiger partial charge in [-0.05, 0) is 54.9 Å². The summed E-state index contributed by atoms with van der Waals surface area (Å²) >= 11 is 0. The van der Waals surface area contributed by atoms with Crippen molar-refractivity contribution in [3.05, 3.63) is 36.2 Å². The molecule has 1 amide bonds. The molecule has 0 spiro atoms. The molecule has 0 bridgehead atoms. The predicted molar refractivity (Wildman–Crippen MR) is 109 cm³/mol. The van der Waals surface area contributed by atoms with Crippen LogP contribution in [0.3, 0.4) is 0 Å². The lowest BCUT2D eigenvalue weighted by atomic mass is 10.0. The van der Waals surface area contributed by atoms with Gasteiger partial charge in [-0.2, -0.15) is 5.10 Å². The highest BCUT2D eigenvalue weighted by molar-refractivity contribution is 5.77. The molecule has 1 aromatic heterocycles. The van der Waals surface area contributed by atoms with Crippen LogP contribution in [0.2, 0.25) is 0 Å². The molecular weight excluding hydrogens is 336 g/mol. The average Bonchev–Trinajstić information content (AvgIpc) is 3.35. The second kappa shape index (κ2) is 7.37. The van der Waals surface area contributed by atoms with Gasteiger partial charge in [0.25, 0.3) is 0 Å². The van der Waals surface area contributed by atoms with Crippen molar-refractivity contribution >= 4 is 11.6 Å². The molecule has 4 rings (SSSR count). The Hall–Kier alpha value is -2.30. The number of anilines is 1. The summed E-state index contributed by atoms with van der Waals surface area (Å²) in [5.41, 5.74) is 5.15. The van der Waals surface area contributed by atoms with Crippen LogP contribution in [0.4, 0.5) is 5.69 Å². The van der Waals surface area contributed by atoms with Crippen molar-refractivity contribution in [1.82, 2.24) is 15.1 Å². The molecule has 2 aliphatic rings. The number of hydrogen-bond acceptors (Lipinski definition) is 3. The Morgan fingerprint density at radius 1 is 1.33 bits per heavy atom. The molecule has 5 nitrogen and oxygen atoms in total. The lowest BCUT2D eigenvalue weighted by molar-refractivity contribution is -0.132. The fourth-order valence-corrected chi connectivity index (χ4v) is 4.65. The molecule has 0 saturated carbocycles. The van der Waals surface area contributed by atoms with E-state index in [-0.39, 0.29) is 0 Å². The summed E-state index contributed by atoms with van der Waals surface area (Å²) in [5.74, 6) is 1.32. The highest BCUT2D eigenvalue weighted by Gasteiger charge is 2.34. The fraction of sp³-hybridized carbons (Fsp3) is 0.545. The quantitative estimate of drug-likeness (QED) is 0.877. The van der Waals surface area contributed by atoms with Gasteiger partial charge in [-0.25, -0.2) is 0 Å². The van der Waals surface area contributed by atoms with Gasteiger partial charge in [-0.1, -0.05) is 19.9 Å². The van der Waals surface area contributed by atoms with Gasteiger partial charge >= 0.3 is 0 Å². The van der Waals surface area contributed by atoms with Gasteiger partial charge in [-0.3, -0.25) is 9.89 Å². The highest BCUT2D eigenvalue weighted by Crippen LogP contribution is 2.34. The third-order valence-corrected chi connectivity index (χ3v) is 5.95. The maximum Gasteiger partial charge on any atom is 0.223 e. The third-order valence-electron chi connectivity index (χ3n) is 5.95. The molecule has 2 unspecified atom stereocenters. The largest absolute Gasteiger partial charge is 0.371 e. The Kier molecular flexibility index (Phi) is 4.94. The molecule has 1 fully saturated rings. The number of amides is 1. The highest BCUT2D eigenvalue weighted by atomic mass is 16.2. The standard InChI is InChI=1S/C22H30N4O/c1-15(2)8-22(27)26-14-17(9-16(26)3)13-25-7-6-19-10-18(4-5-21(19)25)20-11-23-24-12-20/h4-5,10-12,15-17H,6-9,13-14H2,1-3H3,(H,23,24). The molecule has 0 radical (unpaired) electrons. The van der Waals surface area contributed by atoms with Gasteiger partial charge in [0.15, 0.2) is 0 Å². The van der Waals surface area contributed by atoms with Crippen molar-refractivity contribution in [2.45, 2.75) is 46.1 Å². The number of carbonyl (C=O) groups excluding carboxylic acids is 1. The van der Waals surface area contributed by atoms with Crippen LogP contribution in [-0.4, -0.2) is 46.7 Å². The van der Waals surface area contributed by atoms with Gasteiger partial charge in [-0.15, -0.1) is 0 Å². The van der Waals surface area contributed by atoms with E-state index in [0.29, 0.717) is 30.2 Å². The van der Waals surface area contributed by atoms with Gasteiger partial charge in [0, 0.05) is 49.5 Å². The van der Waals surface area contributed by atoms with Gasteiger partial charge in [0.2, 0.25) is 5.91 Å². The van der Waals surface area contributed by atoms with Crippen molar-refractivity contribution < 1.29 is 4.79 Å². The molecule has 0 aliphatic carbocycles. The van der Waals surface area contributed by atoms with Crippen LogP contribution in [-0.2, 0) is 11.2 Å². The Morgan fingerprint density at radius 3 is 2.93 bits per heavy atom. The molecule has 3 heterocycles. The normalized spacial score (nSPS) is 21.9. The SMILES string of the molecule is CC(C)CC(=O)N1CC(CN2CCc3cc(-c4cn[nH]c4)ccc32)CC1C. The van der Waals surface area contributed by atoms with E-state index < -0.39 is 0 Å². The number of likely N-dealkylation sites (tertiary alicyclic amines) is 1. The lowest BCUT2D eigenvalue weighted by Gasteiger charge is -2.24. The molecule has 1 N–H and O–H groups in total. The Balaban J connectivity index is 1.41. The first-order valence-corrected chi connectivity index (χ1v) is 10.2. The first-order valence-electron chi connectivity index (χ1n) is 10.2. The van der Waals surface area contributed by atoms with Crippen LogP contribution >= 0.6 is 0 Å². The third kappa shape index (κ3) is 3.73. The second-order valence-electron chi connectivity index (χ2n) is 8.62. The van der Waals surface area contributed by atoms with E-state index in [4.69, 9.17) is 0 Å². The fourth-order valence-electron chi connectivity index (χ4n) is 4.65. The van der Waals surface area contributed by atoms with Crippen LogP contribution in [0.15, 0.2) is 30.6 Å². The molecule has 2 aromatic rings. The molecule has 2 atom stereocenters. The molecule has 5 heteroatoms. The number of benzene rings is 1. The summed E-state index contributed by atoms with van der Waals surface area (Å²) in [6.07, 6.45) is 6.69. The number of aromatic nitrogens is 2. The maximum absolute atomic E-state index is 12.5. The van der Waals surface area contributed by atoms with E-state index >= 15 is 0 Å². The van der Waals surface area contributed by atoms with E-state index in [1.54, 1.807) is 0 Å². The van der Waals surface area contributed by atoms with Crippen molar-refractivity contribution in [2.24, 2.45) is 11.8 Å². The number of nitrogens with zero attached hydrogens (tertiary/aromatic N) is 3. The zero-order valence-electron chi connectivity index (χ0n) is 16.6. The smallest absolute Gasteiger partial charge is 0.223 e. The Bertz CT molecular complexity index is 799. The van der Waals surface area contributed by atoms with Crippen molar-refractivity contribution in [2.75, 3.05) is 24.5 Å². The summed E-state index contributed by atoms with van der Waals surface area (Å²) in [6, 6.07) is 7.12. The minimum atomic E-state index is 0.326. The summed E-state index contributed by atoms with van der Waals surface area (Å²) in [4.78, 5) is 17.1. The monoisotopic (exact) mass is 366 g/mol. The van der Waals surface area contributed by atoms with Gasteiger partial charge in [0.05, 0.1) is 6.20 Å². The number of rotatable bonds is 5. The van der Waals surface area contributed by atoms with Gasteiger partial charge < -0.3 is 9.80 Å². The first kappa shape index (κ1) is 18.1. The summed E-state index contributed by atoms with van der Waals surface area (Å²) in [5, 5.41) is 6.94. The topological polar surface area (TPSA) is 52.2 Å². The van der Waals surface area contributed by atoms with Crippen LogP contribution in [0.5, 0.6) is 0 Å². The number of carbonyl (C=O) groups is 1.